The van der Waals surface area contributed by atoms with Crippen molar-refractivity contribution in [2.45, 2.75) is 6.61 Å². The van der Waals surface area contributed by atoms with E-state index in [1.54, 1.807) is 6.21 Å². The van der Waals surface area contributed by atoms with Gasteiger partial charge in [-0.1, -0.05) is 23.7 Å². The zero-order chi connectivity index (χ0) is 15.2. The molecule has 1 heterocycles. The molecule has 0 aliphatic rings. The number of hydrogen-bond acceptors (Lipinski definition) is 4. The van der Waals surface area contributed by atoms with Gasteiger partial charge in [0.15, 0.2) is 0 Å². The summed E-state index contributed by atoms with van der Waals surface area (Å²) in [5, 5.41) is 12.3. The fourth-order valence-electron chi connectivity index (χ4n) is 1.79. The number of halogens is 1. The third-order valence-corrected chi connectivity index (χ3v) is 3.20. The second-order valence-electron chi connectivity index (χ2n) is 4.57. The summed E-state index contributed by atoms with van der Waals surface area (Å²) in [4.78, 5) is 0. The predicted octanol–water partition coefficient (Wildman–Crippen LogP) is 3.39. The zero-order valence-electron chi connectivity index (χ0n) is 11.6. The van der Waals surface area contributed by atoms with Crippen LogP contribution in [0, 0.1) is 0 Å². The lowest BCUT2D eigenvalue weighted by Crippen LogP contribution is -1.95. The molecule has 0 fully saturated rings. The molecule has 3 aromatic rings. The van der Waals surface area contributed by atoms with Gasteiger partial charge in [-0.25, -0.2) is 4.68 Å². The van der Waals surface area contributed by atoms with Crippen LogP contribution in [0.25, 0.3) is 0 Å². The highest BCUT2D eigenvalue weighted by atomic mass is 35.5. The molecular weight excluding hydrogens is 300 g/mol. The molecule has 0 saturated heterocycles. The third kappa shape index (κ3) is 3.93. The van der Waals surface area contributed by atoms with Crippen molar-refractivity contribution in [1.29, 1.82) is 0 Å². The molecule has 110 valence electrons. The number of rotatable bonds is 5. The van der Waals surface area contributed by atoms with Crippen LogP contribution in [-0.4, -0.2) is 21.1 Å². The molecule has 0 unspecified atom stereocenters. The predicted molar refractivity (Wildman–Crippen MR) is 85.2 cm³/mol. The van der Waals surface area contributed by atoms with Gasteiger partial charge in [-0.05, 0) is 47.5 Å². The fraction of sp³-hybridized carbons (Fsp3) is 0.0625. The summed E-state index contributed by atoms with van der Waals surface area (Å²) in [5.74, 6) is 0.802. The normalized spacial score (nSPS) is 11.0. The Morgan fingerprint density at radius 2 is 1.68 bits per heavy atom. The van der Waals surface area contributed by atoms with Crippen LogP contribution in [-0.2, 0) is 6.61 Å². The van der Waals surface area contributed by atoms with Crippen LogP contribution in [0.5, 0.6) is 5.75 Å². The van der Waals surface area contributed by atoms with Gasteiger partial charge in [0.25, 0.3) is 0 Å². The van der Waals surface area contributed by atoms with Crippen molar-refractivity contribution >= 4 is 17.8 Å². The number of nitrogens with zero attached hydrogens (tertiary/aromatic N) is 4. The smallest absolute Gasteiger partial charge is 0.141 e. The van der Waals surface area contributed by atoms with Crippen LogP contribution < -0.4 is 4.74 Å². The van der Waals surface area contributed by atoms with E-state index in [9.17, 15) is 0 Å². The maximum atomic E-state index is 5.85. The number of benzene rings is 2. The molecule has 0 saturated carbocycles. The molecule has 5 nitrogen and oxygen atoms in total. The summed E-state index contributed by atoms with van der Waals surface area (Å²) in [6.07, 6.45) is 4.78. The summed E-state index contributed by atoms with van der Waals surface area (Å²) >= 11 is 5.85. The summed E-state index contributed by atoms with van der Waals surface area (Å²) in [5.41, 5.74) is 2.04. The first-order valence-corrected chi connectivity index (χ1v) is 7.04. The summed E-state index contributed by atoms with van der Waals surface area (Å²) in [7, 11) is 0. The van der Waals surface area contributed by atoms with Crippen LogP contribution in [0.4, 0.5) is 0 Å². The highest BCUT2D eigenvalue weighted by molar-refractivity contribution is 6.30. The van der Waals surface area contributed by atoms with Gasteiger partial charge in [-0.2, -0.15) is 5.10 Å². The van der Waals surface area contributed by atoms with Gasteiger partial charge in [0.05, 0.1) is 6.21 Å². The van der Waals surface area contributed by atoms with E-state index in [1.165, 1.54) is 17.3 Å². The molecule has 0 aliphatic heterocycles. The average molecular weight is 313 g/mol. The van der Waals surface area contributed by atoms with Gasteiger partial charge in [-0.3, -0.25) is 0 Å². The molecule has 0 spiro atoms. The van der Waals surface area contributed by atoms with E-state index in [1.807, 2.05) is 48.5 Å². The first-order valence-electron chi connectivity index (χ1n) is 6.66. The van der Waals surface area contributed by atoms with Crippen LogP contribution in [0.2, 0.25) is 5.02 Å². The lowest BCUT2D eigenvalue weighted by atomic mass is 10.2. The van der Waals surface area contributed by atoms with E-state index < -0.39 is 0 Å². The van der Waals surface area contributed by atoms with Crippen molar-refractivity contribution in [2.75, 3.05) is 0 Å². The van der Waals surface area contributed by atoms with Crippen LogP contribution in [0.1, 0.15) is 11.1 Å². The Kier molecular flexibility index (Phi) is 4.46. The molecule has 3 rings (SSSR count). The van der Waals surface area contributed by atoms with Crippen LogP contribution in [0.15, 0.2) is 66.3 Å². The minimum atomic E-state index is 0.505. The lowest BCUT2D eigenvalue weighted by molar-refractivity contribution is 0.306. The average Bonchev–Trinajstić information content (AvgIpc) is 3.07. The Balaban J connectivity index is 1.58. The van der Waals surface area contributed by atoms with Crippen molar-refractivity contribution in [3.05, 3.63) is 77.3 Å². The van der Waals surface area contributed by atoms with Crippen molar-refractivity contribution in [1.82, 2.24) is 14.9 Å². The van der Waals surface area contributed by atoms with Crippen LogP contribution >= 0.6 is 11.6 Å². The SMILES string of the molecule is Clc1ccc(COc2ccc(/C=N\n3cnnc3)cc2)cc1. The summed E-state index contributed by atoms with van der Waals surface area (Å²) in [6.45, 7) is 0.505. The van der Waals surface area contributed by atoms with E-state index in [0.717, 1.165) is 21.9 Å². The molecule has 0 atom stereocenters. The van der Waals surface area contributed by atoms with Gasteiger partial charge in [-0.15, -0.1) is 10.2 Å². The monoisotopic (exact) mass is 312 g/mol. The van der Waals surface area contributed by atoms with Crippen molar-refractivity contribution in [2.24, 2.45) is 5.10 Å². The maximum absolute atomic E-state index is 5.85. The summed E-state index contributed by atoms with van der Waals surface area (Å²) < 4.78 is 7.26. The number of aromatic nitrogens is 3. The Morgan fingerprint density at radius 1 is 1.00 bits per heavy atom. The largest absolute Gasteiger partial charge is 0.489 e. The molecule has 0 N–H and O–H groups in total. The van der Waals surface area contributed by atoms with Crippen molar-refractivity contribution < 1.29 is 4.74 Å². The van der Waals surface area contributed by atoms with E-state index in [0.29, 0.717) is 6.61 Å². The van der Waals surface area contributed by atoms with E-state index in [-0.39, 0.29) is 0 Å². The molecular formula is C16H13ClN4O. The fourth-order valence-corrected chi connectivity index (χ4v) is 1.91. The quantitative estimate of drug-likeness (QED) is 0.679. The molecule has 6 heteroatoms. The first-order chi connectivity index (χ1) is 10.8. The minimum absolute atomic E-state index is 0.505. The second-order valence-corrected chi connectivity index (χ2v) is 5.01. The standard InChI is InChI=1S/C16H13ClN4O/c17-15-5-1-14(2-6-15)10-22-16-7-3-13(4-8-16)9-20-21-11-18-19-12-21/h1-9,11-12H,10H2/b20-9-. The number of ether oxygens (including phenoxy) is 1. The van der Waals surface area contributed by atoms with E-state index in [4.69, 9.17) is 16.3 Å². The van der Waals surface area contributed by atoms with Gasteiger partial charge < -0.3 is 4.74 Å². The van der Waals surface area contributed by atoms with E-state index >= 15 is 0 Å². The van der Waals surface area contributed by atoms with Crippen molar-refractivity contribution in [3.63, 3.8) is 0 Å². The molecule has 0 aliphatic carbocycles. The van der Waals surface area contributed by atoms with E-state index in [2.05, 4.69) is 15.3 Å². The van der Waals surface area contributed by atoms with Gasteiger partial charge in [0.1, 0.15) is 25.0 Å². The molecule has 0 radical (unpaired) electrons. The topological polar surface area (TPSA) is 52.3 Å². The Bertz CT molecular complexity index is 737. The molecule has 2 aromatic carbocycles. The molecule has 0 bridgehead atoms. The summed E-state index contributed by atoms with van der Waals surface area (Å²) in [6, 6.07) is 15.3. The molecule has 0 amide bonds. The highest BCUT2D eigenvalue weighted by Crippen LogP contribution is 2.15. The second kappa shape index (κ2) is 6.87. The van der Waals surface area contributed by atoms with Gasteiger partial charge in [0.2, 0.25) is 0 Å². The van der Waals surface area contributed by atoms with Crippen molar-refractivity contribution in [3.8, 4) is 5.75 Å². The Hall–Kier alpha value is -2.66. The third-order valence-electron chi connectivity index (χ3n) is 2.95. The van der Waals surface area contributed by atoms with Gasteiger partial charge >= 0.3 is 0 Å². The Labute approximate surface area is 132 Å². The van der Waals surface area contributed by atoms with Gasteiger partial charge in [0, 0.05) is 5.02 Å². The molecule has 22 heavy (non-hydrogen) atoms. The Morgan fingerprint density at radius 3 is 2.36 bits per heavy atom. The minimum Gasteiger partial charge on any atom is -0.489 e. The number of hydrogen-bond donors (Lipinski definition) is 0. The maximum Gasteiger partial charge on any atom is 0.141 e. The van der Waals surface area contributed by atoms with Crippen LogP contribution in [0.3, 0.4) is 0 Å². The lowest BCUT2D eigenvalue weighted by Gasteiger charge is -2.06. The molecule has 1 aromatic heterocycles. The zero-order valence-corrected chi connectivity index (χ0v) is 12.4. The highest BCUT2D eigenvalue weighted by Gasteiger charge is 1.97. The first kappa shape index (κ1) is 14.3.